The van der Waals surface area contributed by atoms with Gasteiger partial charge in [-0.2, -0.15) is 0 Å². The van der Waals surface area contributed by atoms with Gasteiger partial charge in [0.05, 0.1) is 4.91 Å². The Bertz CT molecular complexity index is 1070. The molecule has 4 nitrogen and oxygen atoms in total. The molecule has 1 saturated heterocycles. The minimum absolute atomic E-state index is 0.343. The van der Waals surface area contributed by atoms with Gasteiger partial charge in [0.25, 0.3) is 11.1 Å². The van der Waals surface area contributed by atoms with E-state index in [-0.39, 0.29) is 11.1 Å². The van der Waals surface area contributed by atoms with Crippen LogP contribution < -0.4 is 10.1 Å². The number of hydrogen-bond donors (Lipinski definition) is 1. The fourth-order valence-electron chi connectivity index (χ4n) is 2.83. The molecule has 0 saturated carbocycles. The molecular weight excluding hydrogens is 370 g/mol. The average Bonchev–Trinajstić information content (AvgIpc) is 3.01. The summed E-state index contributed by atoms with van der Waals surface area (Å²) >= 11 is 0.906. The highest BCUT2D eigenvalue weighted by molar-refractivity contribution is 8.18. The van der Waals surface area contributed by atoms with Crippen molar-refractivity contribution in [3.63, 3.8) is 0 Å². The fraction of sp³-hybridized carbons (Fsp3) is 0.0435. The lowest BCUT2D eigenvalue weighted by Gasteiger charge is -2.09. The van der Waals surface area contributed by atoms with E-state index < -0.39 is 0 Å². The Hall–Kier alpha value is -3.31. The molecule has 0 spiro atoms. The number of thioether (sulfide) groups is 1. The number of rotatable bonds is 4. The first-order valence-corrected chi connectivity index (χ1v) is 9.58. The maximum atomic E-state index is 11.6. The van der Waals surface area contributed by atoms with Gasteiger partial charge in [-0.05, 0) is 65.7 Å². The normalized spacial score (nSPS) is 15.0. The number of nitrogens with one attached hydrogen (secondary N) is 1. The van der Waals surface area contributed by atoms with Gasteiger partial charge in [0.1, 0.15) is 11.5 Å². The second-order valence-electron chi connectivity index (χ2n) is 6.42. The summed E-state index contributed by atoms with van der Waals surface area (Å²) in [7, 11) is 0. The third-order valence-corrected chi connectivity index (χ3v) is 5.09. The van der Waals surface area contributed by atoms with Gasteiger partial charge in [-0.15, -0.1) is 0 Å². The Labute approximate surface area is 167 Å². The maximum Gasteiger partial charge on any atom is 0.290 e. The van der Waals surface area contributed by atoms with Crippen LogP contribution in [0.25, 0.3) is 17.2 Å². The van der Waals surface area contributed by atoms with Crippen LogP contribution in [0.1, 0.15) is 11.1 Å². The molecule has 1 aliphatic heterocycles. The number of imide groups is 1. The van der Waals surface area contributed by atoms with Crippen molar-refractivity contribution in [1.82, 2.24) is 5.32 Å². The molecule has 138 valence electrons. The molecule has 1 N–H and O–H groups in total. The van der Waals surface area contributed by atoms with Gasteiger partial charge in [-0.1, -0.05) is 54.1 Å². The highest BCUT2D eigenvalue weighted by Gasteiger charge is 2.24. The van der Waals surface area contributed by atoms with Crippen LogP contribution in [0.5, 0.6) is 11.5 Å². The largest absolute Gasteiger partial charge is 0.457 e. The monoisotopic (exact) mass is 387 g/mol. The Morgan fingerprint density at radius 3 is 2.29 bits per heavy atom. The maximum absolute atomic E-state index is 11.6. The Kier molecular flexibility index (Phi) is 5.00. The predicted octanol–water partition coefficient (Wildman–Crippen LogP) is 5.78. The summed E-state index contributed by atoms with van der Waals surface area (Å²) < 4.78 is 5.97. The van der Waals surface area contributed by atoms with Crippen LogP contribution in [-0.4, -0.2) is 11.1 Å². The lowest BCUT2D eigenvalue weighted by Crippen LogP contribution is -2.17. The lowest BCUT2D eigenvalue weighted by atomic mass is 10.0. The molecule has 0 bridgehead atoms. The molecule has 1 aliphatic rings. The number of amides is 2. The number of aryl methyl sites for hydroxylation is 1. The van der Waals surface area contributed by atoms with Crippen molar-refractivity contribution in [2.45, 2.75) is 6.92 Å². The van der Waals surface area contributed by atoms with Gasteiger partial charge in [0, 0.05) is 0 Å². The molecule has 3 aromatic rings. The van der Waals surface area contributed by atoms with Gasteiger partial charge in [-0.25, -0.2) is 0 Å². The van der Waals surface area contributed by atoms with E-state index in [0.717, 1.165) is 34.2 Å². The predicted molar refractivity (Wildman–Crippen MR) is 112 cm³/mol. The molecule has 0 aliphatic carbocycles. The molecule has 1 heterocycles. The molecule has 0 aromatic heterocycles. The number of carbonyl (C=O) groups is 2. The smallest absolute Gasteiger partial charge is 0.290 e. The quantitative estimate of drug-likeness (QED) is 0.577. The molecule has 0 atom stereocenters. The van der Waals surface area contributed by atoms with Gasteiger partial charge < -0.3 is 4.74 Å². The summed E-state index contributed by atoms with van der Waals surface area (Å²) in [6, 6.07) is 23.7. The fourth-order valence-corrected chi connectivity index (χ4v) is 3.51. The second-order valence-corrected chi connectivity index (χ2v) is 7.43. The van der Waals surface area contributed by atoms with Crippen molar-refractivity contribution in [3.05, 3.63) is 88.8 Å². The third kappa shape index (κ3) is 4.15. The van der Waals surface area contributed by atoms with Crippen molar-refractivity contribution < 1.29 is 14.3 Å². The van der Waals surface area contributed by atoms with Crippen molar-refractivity contribution in [1.29, 1.82) is 0 Å². The summed E-state index contributed by atoms with van der Waals surface area (Å²) in [5.74, 6) is 1.09. The molecule has 28 heavy (non-hydrogen) atoms. The molecule has 0 unspecified atom stereocenters. The van der Waals surface area contributed by atoms with Gasteiger partial charge in [-0.3, -0.25) is 14.9 Å². The Balaban J connectivity index is 1.50. The molecule has 3 aromatic carbocycles. The van der Waals surface area contributed by atoms with Crippen LogP contribution in [0, 0.1) is 6.92 Å². The van der Waals surface area contributed by atoms with Crippen LogP contribution in [0.3, 0.4) is 0 Å². The highest BCUT2D eigenvalue weighted by atomic mass is 32.2. The molecule has 1 fully saturated rings. The van der Waals surface area contributed by atoms with Gasteiger partial charge in [0.15, 0.2) is 0 Å². The minimum atomic E-state index is -0.358. The first-order chi connectivity index (χ1) is 13.6. The highest BCUT2D eigenvalue weighted by Crippen LogP contribution is 2.29. The topological polar surface area (TPSA) is 55.4 Å². The van der Waals surface area contributed by atoms with E-state index >= 15 is 0 Å². The summed E-state index contributed by atoms with van der Waals surface area (Å²) in [5.41, 5.74) is 4.28. The zero-order valence-corrected chi connectivity index (χ0v) is 16.0. The van der Waals surface area contributed by atoms with Crippen molar-refractivity contribution in [2.75, 3.05) is 0 Å². The zero-order valence-electron chi connectivity index (χ0n) is 15.1. The molecule has 2 amide bonds. The Morgan fingerprint density at radius 2 is 1.61 bits per heavy atom. The number of ether oxygens (including phenoxy) is 1. The van der Waals surface area contributed by atoms with E-state index in [4.69, 9.17) is 4.74 Å². The first-order valence-electron chi connectivity index (χ1n) is 8.77. The molecule has 4 rings (SSSR count). The van der Waals surface area contributed by atoms with Crippen LogP contribution in [0.4, 0.5) is 4.79 Å². The van der Waals surface area contributed by atoms with Crippen LogP contribution in [-0.2, 0) is 4.79 Å². The summed E-state index contributed by atoms with van der Waals surface area (Å²) in [6.45, 7) is 2.07. The summed E-state index contributed by atoms with van der Waals surface area (Å²) in [4.78, 5) is 23.2. The van der Waals surface area contributed by atoms with E-state index in [1.165, 1.54) is 5.56 Å². The summed E-state index contributed by atoms with van der Waals surface area (Å²) in [5, 5.41) is 1.90. The standard InChI is InChI=1S/C23H17NO3S/c1-15-5-9-17(10-6-15)18-3-2-4-20(14-18)27-19-11-7-16(8-12-19)13-21-22(25)24-23(26)28-21/h2-14H,1H3,(H,24,25,26)/b21-13-. The second kappa shape index (κ2) is 7.74. The van der Waals surface area contributed by atoms with E-state index in [9.17, 15) is 9.59 Å². The van der Waals surface area contributed by atoms with Crippen LogP contribution in [0.15, 0.2) is 77.7 Å². The van der Waals surface area contributed by atoms with Crippen molar-refractivity contribution in [2.24, 2.45) is 0 Å². The van der Waals surface area contributed by atoms with E-state index in [2.05, 4.69) is 42.6 Å². The summed E-state index contributed by atoms with van der Waals surface area (Å²) in [6.07, 6.45) is 1.69. The van der Waals surface area contributed by atoms with Gasteiger partial charge in [0.2, 0.25) is 0 Å². The Morgan fingerprint density at radius 1 is 0.857 bits per heavy atom. The van der Waals surface area contributed by atoms with Crippen molar-refractivity contribution >= 4 is 29.0 Å². The number of hydrogen-bond acceptors (Lipinski definition) is 4. The molecular formula is C23H17NO3S. The molecule has 0 radical (unpaired) electrons. The van der Waals surface area contributed by atoms with E-state index in [1.54, 1.807) is 6.08 Å². The lowest BCUT2D eigenvalue weighted by molar-refractivity contribution is -0.115. The average molecular weight is 387 g/mol. The zero-order chi connectivity index (χ0) is 19.5. The number of benzene rings is 3. The molecule has 5 heteroatoms. The first kappa shape index (κ1) is 18.1. The third-order valence-electron chi connectivity index (χ3n) is 4.27. The SMILES string of the molecule is Cc1ccc(-c2cccc(Oc3ccc(/C=C4\SC(=O)NC4=O)cc3)c2)cc1. The van der Waals surface area contributed by atoms with Crippen LogP contribution in [0.2, 0.25) is 0 Å². The van der Waals surface area contributed by atoms with E-state index in [1.807, 2.05) is 42.5 Å². The minimum Gasteiger partial charge on any atom is -0.457 e. The van der Waals surface area contributed by atoms with Gasteiger partial charge >= 0.3 is 0 Å². The van der Waals surface area contributed by atoms with Crippen molar-refractivity contribution in [3.8, 4) is 22.6 Å². The van der Waals surface area contributed by atoms with E-state index in [0.29, 0.717) is 10.7 Å². The van der Waals surface area contributed by atoms with Crippen LogP contribution >= 0.6 is 11.8 Å². The number of carbonyl (C=O) groups excluding carboxylic acids is 2.